The van der Waals surface area contributed by atoms with Crippen LogP contribution in [0, 0.1) is 0 Å². The number of rotatable bonds is 6. The van der Waals surface area contributed by atoms with Crippen molar-refractivity contribution in [1.82, 2.24) is 20.7 Å². The molecular formula is C19H27BrIN5O. The Morgan fingerprint density at radius 1 is 1.26 bits per heavy atom. The van der Waals surface area contributed by atoms with E-state index in [1.54, 1.807) is 6.26 Å². The summed E-state index contributed by atoms with van der Waals surface area (Å²) in [7, 11) is 0. The molecule has 148 valence electrons. The highest BCUT2D eigenvalue weighted by Crippen LogP contribution is 2.16. The van der Waals surface area contributed by atoms with E-state index in [1.807, 2.05) is 6.07 Å². The SMILES string of the molecule is CCNC(=NCc1ccon1)NC1CCN(Cc2ccc(Br)cc2)CC1.I. The van der Waals surface area contributed by atoms with Crippen LogP contribution in [-0.2, 0) is 13.1 Å². The molecule has 0 aliphatic carbocycles. The molecule has 3 rings (SSSR count). The van der Waals surface area contributed by atoms with Gasteiger partial charge in [0.25, 0.3) is 0 Å². The molecule has 1 aromatic carbocycles. The summed E-state index contributed by atoms with van der Waals surface area (Å²) in [6.07, 6.45) is 3.81. The highest BCUT2D eigenvalue weighted by atomic mass is 127. The van der Waals surface area contributed by atoms with E-state index in [2.05, 4.69) is 72.8 Å². The van der Waals surface area contributed by atoms with Crippen LogP contribution >= 0.6 is 39.9 Å². The lowest BCUT2D eigenvalue weighted by molar-refractivity contribution is 0.198. The van der Waals surface area contributed by atoms with Crippen molar-refractivity contribution in [3.63, 3.8) is 0 Å². The summed E-state index contributed by atoms with van der Waals surface area (Å²) in [6.45, 7) is 6.64. The summed E-state index contributed by atoms with van der Waals surface area (Å²) in [4.78, 5) is 7.11. The minimum atomic E-state index is 0. The quantitative estimate of drug-likeness (QED) is 0.327. The van der Waals surface area contributed by atoms with Gasteiger partial charge in [0.05, 0.1) is 6.54 Å². The van der Waals surface area contributed by atoms with Crippen LogP contribution in [0.2, 0.25) is 0 Å². The Balaban J connectivity index is 0.00000261. The average molecular weight is 548 g/mol. The minimum absolute atomic E-state index is 0. The zero-order valence-electron chi connectivity index (χ0n) is 15.5. The van der Waals surface area contributed by atoms with E-state index in [4.69, 9.17) is 4.52 Å². The Morgan fingerprint density at radius 3 is 2.63 bits per heavy atom. The molecule has 2 aromatic rings. The van der Waals surface area contributed by atoms with E-state index in [0.717, 1.165) is 55.1 Å². The summed E-state index contributed by atoms with van der Waals surface area (Å²) in [6, 6.07) is 10.9. The first-order valence-electron chi connectivity index (χ1n) is 9.14. The second-order valence-electron chi connectivity index (χ2n) is 6.51. The van der Waals surface area contributed by atoms with Crippen LogP contribution < -0.4 is 10.6 Å². The van der Waals surface area contributed by atoms with Crippen molar-refractivity contribution in [2.24, 2.45) is 4.99 Å². The van der Waals surface area contributed by atoms with E-state index in [9.17, 15) is 0 Å². The number of aromatic nitrogens is 1. The largest absolute Gasteiger partial charge is 0.364 e. The molecule has 0 amide bonds. The number of hydrogen-bond acceptors (Lipinski definition) is 4. The molecule has 1 saturated heterocycles. The van der Waals surface area contributed by atoms with Crippen LogP contribution in [-0.4, -0.2) is 41.7 Å². The number of halogens is 2. The van der Waals surface area contributed by atoms with Gasteiger partial charge in [0.1, 0.15) is 12.0 Å². The Labute approximate surface area is 186 Å². The first-order valence-corrected chi connectivity index (χ1v) is 9.93. The van der Waals surface area contributed by atoms with Crippen molar-refractivity contribution >= 4 is 45.9 Å². The molecule has 0 saturated carbocycles. The maximum atomic E-state index is 4.86. The highest BCUT2D eigenvalue weighted by Gasteiger charge is 2.20. The molecule has 0 spiro atoms. The molecule has 1 fully saturated rings. The number of guanidine groups is 1. The molecule has 0 unspecified atom stereocenters. The lowest BCUT2D eigenvalue weighted by Crippen LogP contribution is -2.48. The Morgan fingerprint density at radius 2 is 2.00 bits per heavy atom. The molecule has 1 aliphatic rings. The zero-order chi connectivity index (χ0) is 18.2. The van der Waals surface area contributed by atoms with E-state index in [0.29, 0.717) is 12.6 Å². The van der Waals surface area contributed by atoms with Gasteiger partial charge in [0.2, 0.25) is 0 Å². The first-order chi connectivity index (χ1) is 12.7. The summed E-state index contributed by atoms with van der Waals surface area (Å²) in [5, 5.41) is 10.8. The van der Waals surface area contributed by atoms with Gasteiger partial charge in [-0.15, -0.1) is 24.0 Å². The van der Waals surface area contributed by atoms with Crippen molar-refractivity contribution in [3.05, 3.63) is 52.3 Å². The van der Waals surface area contributed by atoms with Crippen molar-refractivity contribution in [3.8, 4) is 0 Å². The molecule has 8 heteroatoms. The number of hydrogen-bond donors (Lipinski definition) is 2. The number of nitrogens with zero attached hydrogens (tertiary/aromatic N) is 3. The van der Waals surface area contributed by atoms with Crippen molar-refractivity contribution < 1.29 is 4.52 Å². The second-order valence-corrected chi connectivity index (χ2v) is 7.42. The molecular weight excluding hydrogens is 521 g/mol. The Hall–Kier alpha value is -1.13. The molecule has 27 heavy (non-hydrogen) atoms. The molecule has 1 aromatic heterocycles. The third-order valence-electron chi connectivity index (χ3n) is 4.48. The third kappa shape index (κ3) is 7.42. The predicted molar refractivity (Wildman–Crippen MR) is 122 cm³/mol. The topological polar surface area (TPSA) is 65.7 Å². The summed E-state index contributed by atoms with van der Waals surface area (Å²) < 4.78 is 5.99. The molecule has 0 radical (unpaired) electrons. The number of nitrogens with one attached hydrogen (secondary N) is 2. The van der Waals surface area contributed by atoms with Crippen LogP contribution in [0.3, 0.4) is 0 Å². The Kier molecular flexibility index (Phi) is 9.57. The number of benzene rings is 1. The predicted octanol–water partition coefficient (Wildman–Crippen LogP) is 3.77. The smallest absolute Gasteiger partial charge is 0.191 e. The van der Waals surface area contributed by atoms with Gasteiger partial charge in [-0.1, -0.05) is 33.2 Å². The number of aliphatic imine (C=N–C) groups is 1. The van der Waals surface area contributed by atoms with Crippen LogP contribution in [0.15, 0.2) is 50.6 Å². The third-order valence-corrected chi connectivity index (χ3v) is 5.01. The standard InChI is InChI=1S/C19H26BrN5O.HI/c1-2-21-19(22-13-18-9-12-26-24-18)23-17-7-10-25(11-8-17)14-15-3-5-16(20)6-4-15;/h3-6,9,12,17H,2,7-8,10-11,13-14H2,1H3,(H2,21,22,23);1H. The fourth-order valence-corrected chi connectivity index (χ4v) is 3.34. The molecule has 1 aliphatic heterocycles. The fraction of sp³-hybridized carbons (Fsp3) is 0.474. The van der Waals surface area contributed by atoms with E-state index in [1.165, 1.54) is 5.56 Å². The van der Waals surface area contributed by atoms with Gasteiger partial charge in [-0.3, -0.25) is 4.90 Å². The van der Waals surface area contributed by atoms with Crippen molar-refractivity contribution in [2.75, 3.05) is 19.6 Å². The number of likely N-dealkylation sites (tertiary alicyclic amines) is 1. The second kappa shape index (κ2) is 11.7. The Bertz CT molecular complexity index is 685. The van der Waals surface area contributed by atoms with E-state index < -0.39 is 0 Å². The van der Waals surface area contributed by atoms with E-state index in [-0.39, 0.29) is 24.0 Å². The lowest BCUT2D eigenvalue weighted by atomic mass is 10.0. The molecule has 0 atom stereocenters. The van der Waals surface area contributed by atoms with Crippen molar-refractivity contribution in [1.29, 1.82) is 0 Å². The zero-order valence-corrected chi connectivity index (χ0v) is 19.4. The summed E-state index contributed by atoms with van der Waals surface area (Å²) in [5.74, 6) is 0.849. The van der Waals surface area contributed by atoms with Crippen LogP contribution in [0.25, 0.3) is 0 Å². The van der Waals surface area contributed by atoms with Gasteiger partial charge < -0.3 is 15.2 Å². The van der Waals surface area contributed by atoms with Crippen LogP contribution in [0.1, 0.15) is 31.0 Å². The van der Waals surface area contributed by atoms with Crippen molar-refractivity contribution in [2.45, 2.75) is 38.9 Å². The van der Waals surface area contributed by atoms with E-state index >= 15 is 0 Å². The van der Waals surface area contributed by atoms with Gasteiger partial charge in [-0.05, 0) is 37.5 Å². The van der Waals surface area contributed by atoms with Crippen LogP contribution in [0.5, 0.6) is 0 Å². The summed E-state index contributed by atoms with van der Waals surface area (Å²) >= 11 is 3.49. The molecule has 2 N–H and O–H groups in total. The molecule has 0 bridgehead atoms. The molecule has 2 heterocycles. The minimum Gasteiger partial charge on any atom is -0.364 e. The maximum Gasteiger partial charge on any atom is 0.191 e. The first kappa shape index (κ1) is 22.2. The lowest BCUT2D eigenvalue weighted by Gasteiger charge is -2.33. The van der Waals surface area contributed by atoms with Gasteiger partial charge in [0, 0.05) is 42.8 Å². The average Bonchev–Trinajstić information content (AvgIpc) is 3.17. The van der Waals surface area contributed by atoms with Gasteiger partial charge in [-0.25, -0.2) is 4.99 Å². The van der Waals surface area contributed by atoms with Gasteiger partial charge in [0.15, 0.2) is 5.96 Å². The normalized spacial score (nSPS) is 16.0. The monoisotopic (exact) mass is 547 g/mol. The van der Waals surface area contributed by atoms with Crippen LogP contribution in [0.4, 0.5) is 0 Å². The van der Waals surface area contributed by atoms with Gasteiger partial charge >= 0.3 is 0 Å². The fourth-order valence-electron chi connectivity index (χ4n) is 3.08. The summed E-state index contributed by atoms with van der Waals surface area (Å²) in [5.41, 5.74) is 2.20. The maximum absolute atomic E-state index is 4.86. The molecule has 6 nitrogen and oxygen atoms in total. The number of piperidine rings is 1. The highest BCUT2D eigenvalue weighted by molar-refractivity contribution is 14.0. The van der Waals surface area contributed by atoms with Gasteiger partial charge in [-0.2, -0.15) is 0 Å².